The van der Waals surface area contributed by atoms with Gasteiger partial charge in [-0.25, -0.2) is 0 Å². The maximum Gasteiger partial charge on any atom is 0.270 e. The number of anilines is 1. The first-order valence-corrected chi connectivity index (χ1v) is 11.4. The van der Waals surface area contributed by atoms with Gasteiger partial charge in [0, 0.05) is 30.8 Å². The van der Waals surface area contributed by atoms with Gasteiger partial charge >= 0.3 is 0 Å². The van der Waals surface area contributed by atoms with Crippen molar-refractivity contribution >= 4 is 57.6 Å². The van der Waals surface area contributed by atoms with E-state index in [-0.39, 0.29) is 17.5 Å². The lowest BCUT2D eigenvalue weighted by atomic mass is 10.1. The van der Waals surface area contributed by atoms with Crippen LogP contribution in [0.4, 0.5) is 11.4 Å². The summed E-state index contributed by atoms with van der Waals surface area (Å²) in [6.45, 7) is 2.43. The van der Waals surface area contributed by atoms with Gasteiger partial charge in [-0.05, 0) is 43.0 Å². The van der Waals surface area contributed by atoms with Crippen LogP contribution in [0, 0.1) is 17.0 Å². The molecule has 0 saturated carbocycles. The zero-order valence-corrected chi connectivity index (χ0v) is 19.2. The molecule has 7 nitrogen and oxygen atoms in total. The zero-order chi connectivity index (χ0) is 23.1. The number of unbranched alkanes of at least 4 members (excludes halogenated alkanes) is 2. The Bertz CT molecular complexity index is 1080. The topological polar surface area (TPSA) is 92.6 Å². The predicted molar refractivity (Wildman–Crippen MR) is 131 cm³/mol. The minimum atomic E-state index is -0.468. The van der Waals surface area contributed by atoms with Crippen molar-refractivity contribution in [3.63, 3.8) is 0 Å². The number of non-ortho nitro benzene ring substituents is 1. The second-order valence-electron chi connectivity index (χ2n) is 7.36. The van der Waals surface area contributed by atoms with Crippen LogP contribution in [0.15, 0.2) is 53.4 Å². The Morgan fingerprint density at radius 2 is 1.97 bits per heavy atom. The summed E-state index contributed by atoms with van der Waals surface area (Å²) in [6, 6.07) is 13.8. The Kier molecular flexibility index (Phi) is 8.13. The van der Waals surface area contributed by atoms with Crippen LogP contribution in [0.2, 0.25) is 0 Å². The minimum absolute atomic E-state index is 0.0233. The van der Waals surface area contributed by atoms with E-state index in [1.807, 2.05) is 31.2 Å². The minimum Gasteiger partial charge on any atom is -0.326 e. The van der Waals surface area contributed by atoms with Gasteiger partial charge in [0.05, 0.1) is 9.83 Å². The van der Waals surface area contributed by atoms with E-state index in [9.17, 15) is 19.7 Å². The van der Waals surface area contributed by atoms with E-state index in [2.05, 4.69) is 5.32 Å². The number of hydrogen-bond donors (Lipinski definition) is 1. The molecule has 0 atom stereocenters. The van der Waals surface area contributed by atoms with Gasteiger partial charge in [0.2, 0.25) is 5.91 Å². The van der Waals surface area contributed by atoms with Crippen LogP contribution in [-0.2, 0) is 9.59 Å². The second-order valence-corrected chi connectivity index (χ2v) is 9.03. The fourth-order valence-electron chi connectivity index (χ4n) is 3.23. The monoisotopic (exact) mass is 469 g/mol. The lowest BCUT2D eigenvalue weighted by Crippen LogP contribution is -2.29. The van der Waals surface area contributed by atoms with Crippen LogP contribution in [-0.4, -0.2) is 32.5 Å². The van der Waals surface area contributed by atoms with Gasteiger partial charge in [-0.1, -0.05) is 60.7 Å². The third-order valence-electron chi connectivity index (χ3n) is 4.96. The first-order chi connectivity index (χ1) is 15.3. The molecular formula is C23H23N3O4S2. The van der Waals surface area contributed by atoms with Crippen molar-refractivity contribution in [2.75, 3.05) is 11.9 Å². The number of nitrogens with one attached hydrogen (secondary N) is 1. The highest BCUT2D eigenvalue weighted by Gasteiger charge is 2.31. The summed E-state index contributed by atoms with van der Waals surface area (Å²) < 4.78 is 0.476. The normalized spacial score (nSPS) is 14.8. The molecule has 1 N–H and O–H groups in total. The van der Waals surface area contributed by atoms with Gasteiger partial charge in [-0.3, -0.25) is 24.6 Å². The average molecular weight is 470 g/mol. The van der Waals surface area contributed by atoms with Crippen LogP contribution in [0.1, 0.15) is 36.8 Å². The molecule has 0 spiro atoms. The molecule has 9 heteroatoms. The molecule has 0 aliphatic carbocycles. The smallest absolute Gasteiger partial charge is 0.270 e. The molecule has 0 bridgehead atoms. The molecule has 2 aromatic carbocycles. The predicted octanol–water partition coefficient (Wildman–Crippen LogP) is 5.30. The third kappa shape index (κ3) is 6.24. The number of para-hydroxylation sites is 1. The van der Waals surface area contributed by atoms with E-state index in [1.165, 1.54) is 23.9 Å². The van der Waals surface area contributed by atoms with Crippen molar-refractivity contribution in [2.45, 2.75) is 32.6 Å². The number of carbonyl (C=O) groups excluding carboxylic acids is 2. The summed E-state index contributed by atoms with van der Waals surface area (Å²) in [5.41, 5.74) is 2.40. The van der Waals surface area contributed by atoms with Crippen LogP contribution in [0.3, 0.4) is 0 Å². The molecule has 1 fully saturated rings. The van der Waals surface area contributed by atoms with Crippen molar-refractivity contribution < 1.29 is 14.5 Å². The van der Waals surface area contributed by atoms with Crippen LogP contribution < -0.4 is 5.32 Å². The number of carbonyl (C=O) groups is 2. The van der Waals surface area contributed by atoms with Gasteiger partial charge in [0.1, 0.15) is 4.32 Å². The Hall–Kier alpha value is -3.04. The highest BCUT2D eigenvalue weighted by Crippen LogP contribution is 2.33. The van der Waals surface area contributed by atoms with Crippen molar-refractivity contribution in [3.8, 4) is 0 Å². The van der Waals surface area contributed by atoms with E-state index in [0.717, 1.165) is 30.5 Å². The number of nitrogens with zero attached hydrogens (tertiary/aromatic N) is 2. The number of nitro benzene ring substituents is 1. The largest absolute Gasteiger partial charge is 0.326 e. The molecule has 0 radical (unpaired) electrons. The number of nitro groups is 1. The maximum absolute atomic E-state index is 12.7. The molecule has 1 saturated heterocycles. The standard InChI is InChI=1S/C23H23N3O4S2/c1-16-8-4-5-11-19(16)24-21(27)12-3-2-6-13-25-22(28)20(32-23(25)31)15-17-9-7-10-18(14-17)26(29)30/h4-5,7-11,14-15H,2-3,6,12-13H2,1H3,(H,24,27)/b20-15-. The van der Waals surface area contributed by atoms with Gasteiger partial charge in [0.15, 0.2) is 0 Å². The number of benzene rings is 2. The zero-order valence-electron chi connectivity index (χ0n) is 17.6. The van der Waals surface area contributed by atoms with E-state index in [0.29, 0.717) is 27.8 Å². The van der Waals surface area contributed by atoms with Crippen molar-refractivity contribution in [1.29, 1.82) is 0 Å². The fourth-order valence-corrected chi connectivity index (χ4v) is 4.54. The number of thioether (sulfide) groups is 1. The number of amides is 2. The summed E-state index contributed by atoms with van der Waals surface area (Å²) in [5.74, 6) is -0.214. The second kappa shape index (κ2) is 11.0. The highest BCUT2D eigenvalue weighted by molar-refractivity contribution is 8.26. The molecule has 166 valence electrons. The molecule has 1 aliphatic rings. The van der Waals surface area contributed by atoms with Gasteiger partial charge < -0.3 is 5.32 Å². The maximum atomic E-state index is 12.7. The molecule has 2 aromatic rings. The lowest BCUT2D eigenvalue weighted by Gasteiger charge is -2.14. The highest BCUT2D eigenvalue weighted by atomic mass is 32.2. The summed E-state index contributed by atoms with van der Waals surface area (Å²) in [7, 11) is 0. The van der Waals surface area contributed by atoms with Crippen molar-refractivity contribution in [3.05, 3.63) is 74.7 Å². The summed E-state index contributed by atoms with van der Waals surface area (Å²) in [4.78, 5) is 37.3. The van der Waals surface area contributed by atoms with E-state index in [4.69, 9.17) is 12.2 Å². The molecule has 2 amide bonds. The molecule has 32 heavy (non-hydrogen) atoms. The number of hydrogen-bond acceptors (Lipinski definition) is 6. The summed E-state index contributed by atoms with van der Waals surface area (Å²) >= 11 is 6.53. The number of rotatable bonds is 9. The number of aryl methyl sites for hydroxylation is 1. The Morgan fingerprint density at radius 1 is 1.19 bits per heavy atom. The Balaban J connectivity index is 1.46. The van der Waals surface area contributed by atoms with E-state index in [1.54, 1.807) is 23.1 Å². The van der Waals surface area contributed by atoms with Crippen LogP contribution >= 0.6 is 24.0 Å². The molecule has 1 aliphatic heterocycles. The fraction of sp³-hybridized carbons (Fsp3) is 0.261. The molecule has 0 unspecified atom stereocenters. The molecule has 1 heterocycles. The SMILES string of the molecule is Cc1ccccc1NC(=O)CCCCCN1C(=O)/C(=C/c2cccc([N+](=O)[O-])c2)SC1=S. The van der Waals surface area contributed by atoms with Crippen molar-refractivity contribution in [2.24, 2.45) is 0 Å². The quantitative estimate of drug-likeness (QED) is 0.176. The number of thiocarbonyl (C=S) groups is 1. The Labute approximate surface area is 196 Å². The molecular weight excluding hydrogens is 446 g/mol. The average Bonchev–Trinajstić information content (AvgIpc) is 3.02. The van der Waals surface area contributed by atoms with Crippen LogP contribution in [0.5, 0.6) is 0 Å². The first-order valence-electron chi connectivity index (χ1n) is 10.2. The van der Waals surface area contributed by atoms with Crippen molar-refractivity contribution in [1.82, 2.24) is 4.90 Å². The Morgan fingerprint density at radius 3 is 2.72 bits per heavy atom. The van der Waals surface area contributed by atoms with Gasteiger partial charge in [-0.2, -0.15) is 0 Å². The van der Waals surface area contributed by atoms with E-state index < -0.39 is 4.92 Å². The van der Waals surface area contributed by atoms with E-state index >= 15 is 0 Å². The molecule has 3 rings (SSSR count). The van der Waals surface area contributed by atoms with Gasteiger partial charge in [0.25, 0.3) is 11.6 Å². The molecule has 0 aromatic heterocycles. The van der Waals surface area contributed by atoms with Gasteiger partial charge in [-0.15, -0.1) is 0 Å². The summed E-state index contributed by atoms with van der Waals surface area (Å²) in [5, 5.41) is 13.9. The van der Waals surface area contributed by atoms with Crippen LogP contribution in [0.25, 0.3) is 6.08 Å². The lowest BCUT2D eigenvalue weighted by molar-refractivity contribution is -0.384. The third-order valence-corrected chi connectivity index (χ3v) is 6.33. The summed E-state index contributed by atoms with van der Waals surface area (Å²) in [6.07, 6.45) is 4.29. The first kappa shape index (κ1) is 23.6.